The third-order valence-corrected chi connectivity index (χ3v) is 5.61. The molecule has 0 atom stereocenters. The highest BCUT2D eigenvalue weighted by atomic mass is 35.5. The Balaban J connectivity index is 1.38. The highest BCUT2D eigenvalue weighted by Crippen LogP contribution is 2.25. The lowest BCUT2D eigenvalue weighted by molar-refractivity contribution is -0.122. The van der Waals surface area contributed by atoms with Crippen LogP contribution in [0.1, 0.15) is 41.6 Å². The van der Waals surface area contributed by atoms with Crippen LogP contribution in [0.2, 0.25) is 5.02 Å². The molecule has 2 aromatic carbocycles. The third kappa shape index (κ3) is 6.62. The zero-order chi connectivity index (χ0) is 22.2. The Bertz CT molecular complexity index is 893. The first kappa shape index (κ1) is 22.9. The molecule has 1 aliphatic rings. The molecule has 7 heteroatoms. The van der Waals surface area contributed by atoms with Crippen molar-refractivity contribution in [1.82, 2.24) is 10.2 Å². The molecule has 0 aromatic heterocycles. The van der Waals surface area contributed by atoms with Crippen LogP contribution in [0.3, 0.4) is 0 Å². The Morgan fingerprint density at radius 1 is 1.13 bits per heavy atom. The van der Waals surface area contributed by atoms with E-state index in [0.29, 0.717) is 48.9 Å². The molecule has 1 saturated heterocycles. The maximum absolute atomic E-state index is 12.9. The van der Waals surface area contributed by atoms with Crippen molar-refractivity contribution in [3.63, 3.8) is 0 Å². The molecule has 1 fully saturated rings. The topological polar surface area (TPSA) is 67.9 Å². The summed E-state index contributed by atoms with van der Waals surface area (Å²) in [4.78, 5) is 26.9. The fourth-order valence-electron chi connectivity index (χ4n) is 3.60. The molecule has 2 aromatic rings. The molecule has 0 saturated carbocycles. The van der Waals surface area contributed by atoms with Crippen molar-refractivity contribution < 1.29 is 19.1 Å². The van der Waals surface area contributed by atoms with E-state index in [4.69, 9.17) is 21.1 Å². The van der Waals surface area contributed by atoms with Crippen LogP contribution >= 0.6 is 11.6 Å². The van der Waals surface area contributed by atoms with E-state index in [2.05, 4.69) is 5.32 Å². The number of halogens is 1. The van der Waals surface area contributed by atoms with E-state index in [9.17, 15) is 9.59 Å². The Labute approximate surface area is 188 Å². The molecule has 31 heavy (non-hydrogen) atoms. The first-order valence-electron chi connectivity index (χ1n) is 10.6. The maximum atomic E-state index is 12.9. The summed E-state index contributed by atoms with van der Waals surface area (Å²) < 4.78 is 11.0. The Kier molecular flexibility index (Phi) is 8.18. The number of hydrogen-bond acceptors (Lipinski definition) is 4. The third-order valence-electron chi connectivity index (χ3n) is 5.38. The molecular weight excluding hydrogens is 416 g/mol. The zero-order valence-corrected chi connectivity index (χ0v) is 18.8. The van der Waals surface area contributed by atoms with Gasteiger partial charge in [0.1, 0.15) is 11.5 Å². The van der Waals surface area contributed by atoms with E-state index in [0.717, 1.165) is 18.6 Å². The van der Waals surface area contributed by atoms with Gasteiger partial charge in [0.05, 0.1) is 19.3 Å². The summed E-state index contributed by atoms with van der Waals surface area (Å²) in [5, 5.41) is 3.58. The van der Waals surface area contributed by atoms with Gasteiger partial charge in [-0.2, -0.15) is 0 Å². The second-order valence-corrected chi connectivity index (χ2v) is 8.18. The fourth-order valence-corrected chi connectivity index (χ4v) is 3.77. The van der Waals surface area contributed by atoms with Gasteiger partial charge >= 0.3 is 0 Å². The average Bonchev–Trinajstić information content (AvgIpc) is 2.78. The van der Waals surface area contributed by atoms with Crippen molar-refractivity contribution in [2.45, 2.75) is 38.6 Å². The number of amides is 2. The number of nitrogens with one attached hydrogen (secondary N) is 1. The molecule has 166 valence electrons. The molecule has 0 aliphatic carbocycles. The number of methoxy groups -OCH3 is 1. The van der Waals surface area contributed by atoms with Crippen LogP contribution in [0.4, 0.5) is 0 Å². The van der Waals surface area contributed by atoms with E-state index in [1.54, 1.807) is 23.1 Å². The van der Waals surface area contributed by atoms with Crippen molar-refractivity contribution in [2.24, 2.45) is 0 Å². The molecule has 6 nitrogen and oxygen atoms in total. The van der Waals surface area contributed by atoms with Crippen LogP contribution in [0.25, 0.3) is 0 Å². The Morgan fingerprint density at radius 3 is 2.52 bits per heavy atom. The number of ether oxygens (including phenoxy) is 2. The van der Waals surface area contributed by atoms with Crippen molar-refractivity contribution in [3.8, 4) is 11.5 Å². The number of benzene rings is 2. The fraction of sp³-hybridized carbons (Fsp3) is 0.417. The molecule has 1 N–H and O–H groups in total. The first-order valence-corrected chi connectivity index (χ1v) is 11.0. The summed E-state index contributed by atoms with van der Waals surface area (Å²) in [5.41, 5.74) is 1.65. The SMILES string of the molecule is COc1ccc(Cl)cc1C(=O)N1CCC(NC(=O)CCCOc2ccc(C)cc2)CC1. The molecule has 0 radical (unpaired) electrons. The first-order chi connectivity index (χ1) is 15.0. The Hall–Kier alpha value is -2.73. The van der Waals surface area contributed by atoms with Gasteiger partial charge in [-0.05, 0) is 56.5 Å². The summed E-state index contributed by atoms with van der Waals surface area (Å²) in [6.45, 7) is 3.69. The second kappa shape index (κ2) is 11.0. The minimum atomic E-state index is -0.0996. The average molecular weight is 445 g/mol. The molecule has 1 heterocycles. The predicted octanol–water partition coefficient (Wildman–Crippen LogP) is 4.24. The van der Waals surface area contributed by atoms with Crippen molar-refractivity contribution in [3.05, 3.63) is 58.6 Å². The van der Waals surface area contributed by atoms with Crippen molar-refractivity contribution in [2.75, 3.05) is 26.8 Å². The van der Waals surface area contributed by atoms with Gasteiger partial charge in [-0.25, -0.2) is 0 Å². The number of carbonyl (C=O) groups excluding carboxylic acids is 2. The molecule has 1 aliphatic heterocycles. The summed E-state index contributed by atoms with van der Waals surface area (Å²) in [6, 6.07) is 13.0. The van der Waals surface area contributed by atoms with E-state index < -0.39 is 0 Å². The molecular formula is C24H29ClN2O4. The van der Waals surface area contributed by atoms with E-state index in [1.165, 1.54) is 12.7 Å². The quantitative estimate of drug-likeness (QED) is 0.618. The highest BCUT2D eigenvalue weighted by molar-refractivity contribution is 6.31. The summed E-state index contributed by atoms with van der Waals surface area (Å²) >= 11 is 6.05. The minimum Gasteiger partial charge on any atom is -0.496 e. The van der Waals surface area contributed by atoms with Gasteiger partial charge in [0, 0.05) is 30.6 Å². The normalized spacial score (nSPS) is 14.2. The molecule has 3 rings (SSSR count). The van der Waals surface area contributed by atoms with Crippen LogP contribution in [-0.4, -0.2) is 49.6 Å². The van der Waals surface area contributed by atoms with Crippen LogP contribution in [0.15, 0.2) is 42.5 Å². The molecule has 2 amide bonds. The van der Waals surface area contributed by atoms with Gasteiger partial charge in [-0.1, -0.05) is 29.3 Å². The van der Waals surface area contributed by atoms with Crippen LogP contribution < -0.4 is 14.8 Å². The lowest BCUT2D eigenvalue weighted by Crippen LogP contribution is -2.46. The van der Waals surface area contributed by atoms with Gasteiger partial charge in [0.2, 0.25) is 5.91 Å². The summed E-state index contributed by atoms with van der Waals surface area (Å²) in [7, 11) is 1.54. The lowest BCUT2D eigenvalue weighted by atomic mass is 10.0. The Morgan fingerprint density at radius 2 is 1.84 bits per heavy atom. The standard InChI is InChI=1S/C24H29ClN2O4/c1-17-5-8-20(9-6-17)31-15-3-4-23(28)26-19-11-13-27(14-12-19)24(29)21-16-18(25)7-10-22(21)30-2/h5-10,16,19H,3-4,11-15H2,1-2H3,(H,26,28). The van der Waals surface area contributed by atoms with Crippen LogP contribution in [0.5, 0.6) is 11.5 Å². The summed E-state index contributed by atoms with van der Waals surface area (Å²) in [6.07, 6.45) is 2.52. The molecule has 0 unspecified atom stereocenters. The smallest absolute Gasteiger partial charge is 0.257 e. The van der Waals surface area contributed by atoms with E-state index in [1.807, 2.05) is 31.2 Å². The lowest BCUT2D eigenvalue weighted by Gasteiger charge is -2.32. The van der Waals surface area contributed by atoms with Crippen molar-refractivity contribution >= 4 is 23.4 Å². The number of likely N-dealkylation sites (tertiary alicyclic amines) is 1. The number of aryl methyl sites for hydroxylation is 1. The number of rotatable bonds is 8. The largest absolute Gasteiger partial charge is 0.496 e. The van der Waals surface area contributed by atoms with Gasteiger partial charge in [0.15, 0.2) is 0 Å². The van der Waals surface area contributed by atoms with Gasteiger partial charge < -0.3 is 19.7 Å². The number of piperidine rings is 1. The number of nitrogens with zero attached hydrogens (tertiary/aromatic N) is 1. The monoisotopic (exact) mass is 444 g/mol. The second-order valence-electron chi connectivity index (χ2n) is 7.74. The minimum absolute atomic E-state index is 0.0220. The van der Waals surface area contributed by atoms with Crippen LogP contribution in [-0.2, 0) is 4.79 Å². The number of carbonyl (C=O) groups is 2. The summed E-state index contributed by atoms with van der Waals surface area (Å²) in [5.74, 6) is 1.25. The van der Waals surface area contributed by atoms with Gasteiger partial charge in [0.25, 0.3) is 5.91 Å². The highest BCUT2D eigenvalue weighted by Gasteiger charge is 2.26. The molecule has 0 bridgehead atoms. The van der Waals surface area contributed by atoms with E-state index in [-0.39, 0.29) is 17.9 Å². The molecule has 0 spiro atoms. The predicted molar refractivity (Wildman–Crippen MR) is 121 cm³/mol. The number of hydrogen-bond donors (Lipinski definition) is 1. The van der Waals surface area contributed by atoms with Gasteiger partial charge in [-0.3, -0.25) is 9.59 Å². The zero-order valence-electron chi connectivity index (χ0n) is 18.0. The van der Waals surface area contributed by atoms with E-state index >= 15 is 0 Å². The van der Waals surface area contributed by atoms with Crippen LogP contribution in [0, 0.1) is 6.92 Å². The van der Waals surface area contributed by atoms with Crippen molar-refractivity contribution in [1.29, 1.82) is 0 Å². The maximum Gasteiger partial charge on any atom is 0.257 e. The van der Waals surface area contributed by atoms with Gasteiger partial charge in [-0.15, -0.1) is 0 Å².